The number of nitrogens with one attached hydrogen (secondary N) is 1. The lowest BCUT2D eigenvalue weighted by Gasteiger charge is -2.20. The lowest BCUT2D eigenvalue weighted by atomic mass is 10.1. The monoisotopic (exact) mass is 340 g/mol. The average molecular weight is 340 g/mol. The molecule has 0 saturated heterocycles. The fourth-order valence-electron chi connectivity index (χ4n) is 2.45. The molecule has 1 N–H and O–H groups in total. The number of pyridine rings is 1. The number of carbonyl (C=O) groups is 2. The molecule has 2 aromatic rings. The van der Waals surface area contributed by atoms with E-state index in [1.54, 1.807) is 47.3 Å². The quantitative estimate of drug-likeness (QED) is 0.878. The van der Waals surface area contributed by atoms with E-state index in [-0.39, 0.29) is 11.9 Å². The van der Waals surface area contributed by atoms with Crippen LogP contribution in [0.2, 0.25) is 0 Å². The van der Waals surface area contributed by atoms with Crippen LogP contribution in [-0.2, 0) is 6.54 Å². The highest BCUT2D eigenvalue weighted by molar-refractivity contribution is 5.96. The van der Waals surface area contributed by atoms with Gasteiger partial charge in [-0.1, -0.05) is 12.1 Å². The summed E-state index contributed by atoms with van der Waals surface area (Å²) in [4.78, 5) is 32.2. The van der Waals surface area contributed by atoms with Crippen molar-refractivity contribution >= 4 is 17.6 Å². The Bertz CT molecular complexity index is 714. The molecule has 1 heterocycles. The summed E-state index contributed by atoms with van der Waals surface area (Å²) >= 11 is 0. The molecule has 3 amide bonds. The first-order valence-electron chi connectivity index (χ1n) is 8.36. The Labute approximate surface area is 148 Å². The Kier molecular flexibility index (Phi) is 6.51. The lowest BCUT2D eigenvalue weighted by Crippen LogP contribution is -2.32. The van der Waals surface area contributed by atoms with Crippen LogP contribution in [0.1, 0.15) is 29.9 Å². The summed E-state index contributed by atoms with van der Waals surface area (Å²) in [5, 5.41) is 2.82. The minimum Gasteiger partial charge on any atom is -0.339 e. The second-order valence-corrected chi connectivity index (χ2v) is 5.67. The normalized spacial score (nSPS) is 10.2. The second kappa shape index (κ2) is 8.82. The summed E-state index contributed by atoms with van der Waals surface area (Å²) in [6.45, 7) is 5.60. The molecule has 2 rings (SSSR count). The van der Waals surface area contributed by atoms with Crippen molar-refractivity contribution in [2.45, 2.75) is 20.4 Å². The predicted octanol–water partition coefficient (Wildman–Crippen LogP) is 3.23. The van der Waals surface area contributed by atoms with E-state index in [0.29, 0.717) is 30.9 Å². The largest absolute Gasteiger partial charge is 0.339 e. The van der Waals surface area contributed by atoms with Crippen LogP contribution in [0.15, 0.2) is 48.7 Å². The molecule has 0 atom stereocenters. The van der Waals surface area contributed by atoms with E-state index in [9.17, 15) is 9.59 Å². The molecule has 6 nitrogen and oxygen atoms in total. The summed E-state index contributed by atoms with van der Waals surface area (Å²) in [7, 11) is 1.70. The molecule has 1 aromatic carbocycles. The summed E-state index contributed by atoms with van der Waals surface area (Å²) in [6, 6.07) is 12.3. The maximum absolute atomic E-state index is 12.4. The topological polar surface area (TPSA) is 65.5 Å². The smallest absolute Gasteiger partial charge is 0.321 e. The van der Waals surface area contributed by atoms with Crippen molar-refractivity contribution < 1.29 is 9.59 Å². The van der Waals surface area contributed by atoms with Gasteiger partial charge in [-0.3, -0.25) is 9.78 Å². The van der Waals surface area contributed by atoms with Gasteiger partial charge in [0.1, 0.15) is 0 Å². The molecule has 0 spiro atoms. The van der Waals surface area contributed by atoms with Crippen LogP contribution >= 0.6 is 0 Å². The first-order valence-corrected chi connectivity index (χ1v) is 8.36. The minimum absolute atomic E-state index is 0.0389. The number of aromatic nitrogens is 1. The van der Waals surface area contributed by atoms with Gasteiger partial charge in [0.2, 0.25) is 0 Å². The number of rotatable bonds is 6. The maximum atomic E-state index is 12.4. The third kappa shape index (κ3) is 5.04. The second-order valence-electron chi connectivity index (χ2n) is 5.67. The highest BCUT2D eigenvalue weighted by atomic mass is 16.2. The standard InChI is InChI=1S/C19H24N4O2/c1-4-23(5-2)18(24)15-9-8-11-16(13-15)21-19(25)22(3)14-17-10-6-7-12-20-17/h6-13H,4-5,14H2,1-3H3,(H,21,25). The summed E-state index contributed by atoms with van der Waals surface area (Å²) in [5.74, 6) is -0.0389. The molecule has 0 aliphatic carbocycles. The number of amides is 3. The third-order valence-electron chi connectivity index (χ3n) is 3.88. The average Bonchev–Trinajstić information content (AvgIpc) is 2.63. The predicted molar refractivity (Wildman–Crippen MR) is 98.4 cm³/mol. The Balaban J connectivity index is 2.03. The fourth-order valence-corrected chi connectivity index (χ4v) is 2.45. The van der Waals surface area contributed by atoms with Gasteiger partial charge >= 0.3 is 6.03 Å². The Morgan fingerprint density at radius 2 is 1.84 bits per heavy atom. The number of carbonyl (C=O) groups excluding carboxylic acids is 2. The van der Waals surface area contributed by atoms with Crippen LogP contribution < -0.4 is 5.32 Å². The zero-order valence-electron chi connectivity index (χ0n) is 14.9. The molecule has 6 heteroatoms. The van der Waals surface area contributed by atoms with Gasteiger partial charge in [-0.15, -0.1) is 0 Å². The third-order valence-corrected chi connectivity index (χ3v) is 3.88. The van der Waals surface area contributed by atoms with Gasteiger partial charge in [0.05, 0.1) is 12.2 Å². The summed E-state index contributed by atoms with van der Waals surface area (Å²) < 4.78 is 0. The Morgan fingerprint density at radius 3 is 2.48 bits per heavy atom. The van der Waals surface area contributed by atoms with Crippen LogP contribution in [0.5, 0.6) is 0 Å². The van der Waals surface area contributed by atoms with Crippen molar-refractivity contribution in [1.82, 2.24) is 14.8 Å². The van der Waals surface area contributed by atoms with E-state index < -0.39 is 0 Å². The van der Waals surface area contributed by atoms with Gasteiger partial charge < -0.3 is 15.1 Å². The van der Waals surface area contributed by atoms with Gasteiger partial charge in [0.15, 0.2) is 0 Å². The van der Waals surface area contributed by atoms with Crippen LogP contribution in [-0.4, -0.2) is 46.9 Å². The molecule has 0 aliphatic rings. The molecule has 0 bridgehead atoms. The molecule has 0 unspecified atom stereocenters. The van der Waals surface area contributed by atoms with Crippen molar-refractivity contribution in [2.24, 2.45) is 0 Å². The molecule has 132 valence electrons. The molecule has 0 aliphatic heterocycles. The van der Waals surface area contributed by atoms with Crippen molar-refractivity contribution in [3.63, 3.8) is 0 Å². The van der Waals surface area contributed by atoms with E-state index >= 15 is 0 Å². The molecule has 0 radical (unpaired) electrons. The fraction of sp³-hybridized carbons (Fsp3) is 0.316. The Hall–Kier alpha value is -2.89. The van der Waals surface area contributed by atoms with Crippen molar-refractivity contribution in [1.29, 1.82) is 0 Å². The molecule has 1 aromatic heterocycles. The van der Waals surface area contributed by atoms with E-state index in [1.165, 1.54) is 0 Å². The van der Waals surface area contributed by atoms with Crippen molar-refractivity contribution in [3.8, 4) is 0 Å². The SMILES string of the molecule is CCN(CC)C(=O)c1cccc(NC(=O)N(C)Cc2ccccn2)c1. The van der Waals surface area contributed by atoms with Crippen molar-refractivity contribution in [2.75, 3.05) is 25.5 Å². The minimum atomic E-state index is -0.252. The van der Waals surface area contributed by atoms with E-state index in [0.717, 1.165) is 5.69 Å². The van der Waals surface area contributed by atoms with Crippen molar-refractivity contribution in [3.05, 3.63) is 59.9 Å². The number of nitrogens with zero attached hydrogens (tertiary/aromatic N) is 3. The Morgan fingerprint density at radius 1 is 1.08 bits per heavy atom. The first kappa shape index (κ1) is 18.4. The van der Waals surface area contributed by atoms with Crippen LogP contribution in [0.3, 0.4) is 0 Å². The van der Waals surface area contributed by atoms with E-state index in [4.69, 9.17) is 0 Å². The first-order chi connectivity index (χ1) is 12.0. The van der Waals surface area contributed by atoms with Gasteiger partial charge in [-0.05, 0) is 44.2 Å². The number of urea groups is 1. The number of hydrogen-bond donors (Lipinski definition) is 1. The summed E-state index contributed by atoms with van der Waals surface area (Å²) in [5.41, 5.74) is 1.97. The molecule has 0 fully saturated rings. The number of anilines is 1. The molecule has 0 saturated carbocycles. The maximum Gasteiger partial charge on any atom is 0.321 e. The molecular formula is C19H24N4O2. The van der Waals surface area contributed by atoms with Crippen LogP contribution in [0.25, 0.3) is 0 Å². The molecular weight excluding hydrogens is 316 g/mol. The highest BCUT2D eigenvalue weighted by Crippen LogP contribution is 2.14. The van der Waals surface area contributed by atoms with E-state index in [1.807, 2.05) is 32.0 Å². The van der Waals surface area contributed by atoms with Gasteiger partial charge in [0.25, 0.3) is 5.91 Å². The molecule has 25 heavy (non-hydrogen) atoms. The summed E-state index contributed by atoms with van der Waals surface area (Å²) in [6.07, 6.45) is 1.70. The lowest BCUT2D eigenvalue weighted by molar-refractivity contribution is 0.0773. The van der Waals surface area contributed by atoms with Gasteiger partial charge in [-0.25, -0.2) is 4.79 Å². The number of benzene rings is 1. The zero-order valence-corrected chi connectivity index (χ0v) is 14.9. The number of hydrogen-bond acceptors (Lipinski definition) is 3. The van der Waals surface area contributed by atoms with Gasteiger partial charge in [0, 0.05) is 37.6 Å². The van der Waals surface area contributed by atoms with Gasteiger partial charge in [-0.2, -0.15) is 0 Å². The van der Waals surface area contributed by atoms with E-state index in [2.05, 4.69) is 10.3 Å². The highest BCUT2D eigenvalue weighted by Gasteiger charge is 2.14. The zero-order chi connectivity index (χ0) is 18.2. The van der Waals surface area contributed by atoms with Crippen LogP contribution in [0.4, 0.5) is 10.5 Å². The van der Waals surface area contributed by atoms with Crippen LogP contribution in [0, 0.1) is 0 Å².